The Morgan fingerprint density at radius 2 is 2.00 bits per heavy atom. The minimum Gasteiger partial charge on any atom is -0.375 e. The molecule has 1 amide bonds. The average Bonchev–Trinajstić information content (AvgIpc) is 3.14. The topological polar surface area (TPSA) is 49.6 Å². The number of fused-ring (bicyclic) bond motifs is 1. The highest BCUT2D eigenvalue weighted by atomic mass is 16.2. The van der Waals surface area contributed by atoms with Crippen LogP contribution in [0.25, 0.3) is 0 Å². The molecule has 2 fully saturated rings. The van der Waals surface area contributed by atoms with Crippen molar-refractivity contribution in [1.82, 2.24) is 4.90 Å². The third-order valence-electron chi connectivity index (χ3n) is 5.60. The predicted octanol–water partition coefficient (Wildman–Crippen LogP) is 2.73. The molecule has 23 heavy (non-hydrogen) atoms. The molecule has 0 radical (unpaired) electrons. The van der Waals surface area contributed by atoms with E-state index in [9.17, 15) is 4.79 Å². The maximum absolute atomic E-state index is 12.7. The number of carbonyl (C=O) groups is 1. The minimum absolute atomic E-state index is 0.161. The molecule has 126 valence electrons. The molecule has 0 bridgehead atoms. The first kappa shape index (κ1) is 16.3. The van der Waals surface area contributed by atoms with Crippen LogP contribution < -0.4 is 10.6 Å². The Morgan fingerprint density at radius 3 is 2.65 bits per heavy atom. The highest BCUT2D eigenvalue weighted by Crippen LogP contribution is 2.37. The predicted molar refractivity (Wildman–Crippen MR) is 94.7 cm³/mol. The molecule has 1 saturated heterocycles. The Kier molecular flexibility index (Phi) is 4.90. The molecule has 2 aliphatic rings. The second-order valence-electron chi connectivity index (χ2n) is 7.20. The Labute approximate surface area is 139 Å². The summed E-state index contributed by atoms with van der Waals surface area (Å²) in [5, 5.41) is 0. The van der Waals surface area contributed by atoms with Crippen LogP contribution in [-0.4, -0.2) is 43.5 Å². The smallest absolute Gasteiger partial charge is 0.253 e. The van der Waals surface area contributed by atoms with Crippen LogP contribution >= 0.6 is 0 Å². The van der Waals surface area contributed by atoms with Crippen LogP contribution in [0.4, 0.5) is 5.69 Å². The van der Waals surface area contributed by atoms with Gasteiger partial charge < -0.3 is 15.5 Å². The average molecular weight is 315 g/mol. The van der Waals surface area contributed by atoms with Crippen molar-refractivity contribution in [3.8, 4) is 0 Å². The van der Waals surface area contributed by atoms with Gasteiger partial charge in [0.15, 0.2) is 0 Å². The number of carbonyl (C=O) groups excluding carboxylic acids is 1. The molecular formula is C19H29N3O. The Balaban J connectivity index is 1.62. The van der Waals surface area contributed by atoms with Crippen LogP contribution in [0.2, 0.25) is 0 Å². The monoisotopic (exact) mass is 315 g/mol. The maximum Gasteiger partial charge on any atom is 0.253 e. The number of rotatable bonds is 5. The number of unbranched alkanes of at least 4 members (excludes halogenated alkanes) is 1. The largest absolute Gasteiger partial charge is 0.375 e. The van der Waals surface area contributed by atoms with Gasteiger partial charge in [-0.05, 0) is 55.4 Å². The summed E-state index contributed by atoms with van der Waals surface area (Å²) >= 11 is 0. The Morgan fingerprint density at radius 1 is 1.26 bits per heavy atom. The van der Waals surface area contributed by atoms with E-state index in [0.29, 0.717) is 11.8 Å². The van der Waals surface area contributed by atoms with Crippen molar-refractivity contribution in [1.29, 1.82) is 0 Å². The molecule has 1 aliphatic heterocycles. The van der Waals surface area contributed by atoms with E-state index < -0.39 is 0 Å². The molecule has 3 unspecified atom stereocenters. The van der Waals surface area contributed by atoms with Crippen molar-refractivity contribution in [2.45, 2.75) is 38.6 Å². The van der Waals surface area contributed by atoms with E-state index in [0.717, 1.165) is 31.6 Å². The number of likely N-dealkylation sites (tertiary alicyclic amines) is 1. The van der Waals surface area contributed by atoms with E-state index in [2.05, 4.69) is 31.0 Å². The van der Waals surface area contributed by atoms with E-state index in [4.69, 9.17) is 5.73 Å². The van der Waals surface area contributed by atoms with Crippen LogP contribution in [0, 0.1) is 11.8 Å². The van der Waals surface area contributed by atoms with Gasteiger partial charge in [-0.1, -0.05) is 13.3 Å². The first-order chi connectivity index (χ1) is 11.1. The second kappa shape index (κ2) is 6.91. The molecule has 0 spiro atoms. The van der Waals surface area contributed by atoms with Gasteiger partial charge >= 0.3 is 0 Å². The molecule has 4 nitrogen and oxygen atoms in total. The van der Waals surface area contributed by atoms with Gasteiger partial charge in [-0.3, -0.25) is 4.79 Å². The lowest BCUT2D eigenvalue weighted by Gasteiger charge is -2.21. The molecule has 1 aromatic carbocycles. The van der Waals surface area contributed by atoms with E-state index in [-0.39, 0.29) is 11.9 Å². The number of nitrogens with zero attached hydrogens (tertiary/aromatic N) is 2. The minimum atomic E-state index is 0.161. The standard InChI is InChI=1S/C19H29N3O/c1-3-4-11-21(2)16-8-5-14(6-9-16)19(23)22-12-15-7-10-18(20)17(15)13-22/h5-6,8-9,15,17-18H,3-4,7,10-13,20H2,1-2H3. The van der Waals surface area contributed by atoms with E-state index in [1.807, 2.05) is 17.0 Å². The number of amides is 1. The SMILES string of the molecule is CCCCN(C)c1ccc(C(=O)N2CC3CCC(N)C3C2)cc1. The van der Waals surface area contributed by atoms with Crippen LogP contribution in [-0.2, 0) is 0 Å². The summed E-state index contributed by atoms with van der Waals surface area (Å²) in [6, 6.07) is 8.34. The van der Waals surface area contributed by atoms with E-state index in [1.54, 1.807) is 0 Å². The molecule has 4 heteroatoms. The first-order valence-corrected chi connectivity index (χ1v) is 8.96. The van der Waals surface area contributed by atoms with Crippen molar-refractivity contribution in [2.24, 2.45) is 17.6 Å². The van der Waals surface area contributed by atoms with Gasteiger partial charge in [-0.25, -0.2) is 0 Å². The zero-order chi connectivity index (χ0) is 16.4. The van der Waals surface area contributed by atoms with Crippen molar-refractivity contribution in [3.63, 3.8) is 0 Å². The van der Waals surface area contributed by atoms with Crippen molar-refractivity contribution in [3.05, 3.63) is 29.8 Å². The van der Waals surface area contributed by atoms with Crippen molar-refractivity contribution >= 4 is 11.6 Å². The molecule has 1 saturated carbocycles. The fourth-order valence-electron chi connectivity index (χ4n) is 4.04. The molecule has 2 N–H and O–H groups in total. The molecule has 3 atom stereocenters. The third-order valence-corrected chi connectivity index (χ3v) is 5.60. The van der Waals surface area contributed by atoms with Crippen LogP contribution in [0.15, 0.2) is 24.3 Å². The normalized spacial score (nSPS) is 26.4. The number of benzene rings is 1. The fraction of sp³-hybridized carbons (Fsp3) is 0.632. The first-order valence-electron chi connectivity index (χ1n) is 8.96. The molecule has 1 aliphatic carbocycles. The van der Waals surface area contributed by atoms with Crippen LogP contribution in [0.3, 0.4) is 0 Å². The zero-order valence-electron chi connectivity index (χ0n) is 14.4. The van der Waals surface area contributed by atoms with E-state index >= 15 is 0 Å². The fourth-order valence-corrected chi connectivity index (χ4v) is 4.04. The van der Waals surface area contributed by atoms with Gasteiger partial charge in [0.25, 0.3) is 5.91 Å². The van der Waals surface area contributed by atoms with Gasteiger partial charge in [0.1, 0.15) is 0 Å². The summed E-state index contributed by atoms with van der Waals surface area (Å²) in [5.74, 6) is 1.29. The van der Waals surface area contributed by atoms with Gasteiger partial charge in [0.2, 0.25) is 0 Å². The maximum atomic E-state index is 12.7. The summed E-state index contributed by atoms with van der Waals surface area (Å²) in [7, 11) is 2.11. The van der Waals surface area contributed by atoms with Gasteiger partial charge in [-0.15, -0.1) is 0 Å². The Bertz CT molecular complexity index is 542. The lowest BCUT2D eigenvalue weighted by molar-refractivity contribution is 0.0779. The number of hydrogen-bond donors (Lipinski definition) is 1. The van der Waals surface area contributed by atoms with Crippen molar-refractivity contribution < 1.29 is 4.79 Å². The van der Waals surface area contributed by atoms with E-state index in [1.165, 1.54) is 24.9 Å². The summed E-state index contributed by atoms with van der Waals surface area (Å²) in [6.45, 7) is 4.97. The summed E-state index contributed by atoms with van der Waals surface area (Å²) in [4.78, 5) is 17.0. The lowest BCUT2D eigenvalue weighted by Crippen LogP contribution is -2.33. The van der Waals surface area contributed by atoms with Gasteiger partial charge in [-0.2, -0.15) is 0 Å². The van der Waals surface area contributed by atoms with Crippen molar-refractivity contribution in [2.75, 3.05) is 31.6 Å². The summed E-state index contributed by atoms with van der Waals surface area (Å²) in [5.41, 5.74) is 8.14. The molecular weight excluding hydrogens is 286 g/mol. The molecule has 1 heterocycles. The highest BCUT2D eigenvalue weighted by molar-refractivity contribution is 5.94. The summed E-state index contributed by atoms with van der Waals surface area (Å²) < 4.78 is 0. The third kappa shape index (κ3) is 3.37. The Hall–Kier alpha value is -1.55. The molecule has 3 rings (SSSR count). The number of nitrogens with two attached hydrogens (primary N) is 1. The van der Waals surface area contributed by atoms with Gasteiger partial charge in [0.05, 0.1) is 0 Å². The molecule has 0 aromatic heterocycles. The highest BCUT2D eigenvalue weighted by Gasteiger charge is 2.42. The summed E-state index contributed by atoms with van der Waals surface area (Å²) in [6.07, 6.45) is 4.68. The number of anilines is 1. The molecule has 1 aromatic rings. The zero-order valence-corrected chi connectivity index (χ0v) is 14.4. The van der Waals surface area contributed by atoms with Crippen LogP contribution in [0.1, 0.15) is 43.0 Å². The number of hydrogen-bond acceptors (Lipinski definition) is 3. The second-order valence-corrected chi connectivity index (χ2v) is 7.20. The quantitative estimate of drug-likeness (QED) is 0.909. The lowest BCUT2D eigenvalue weighted by atomic mass is 9.98. The van der Waals surface area contributed by atoms with Gasteiger partial charge in [0, 0.05) is 44.0 Å². The van der Waals surface area contributed by atoms with Crippen LogP contribution in [0.5, 0.6) is 0 Å².